The lowest BCUT2D eigenvalue weighted by Crippen LogP contribution is -2.33. The summed E-state index contributed by atoms with van der Waals surface area (Å²) in [7, 11) is -4.03. The summed E-state index contributed by atoms with van der Waals surface area (Å²) in [5.74, 6) is -9.41. The maximum Gasteiger partial charge on any atom is 0.272 e. The van der Waals surface area contributed by atoms with Crippen molar-refractivity contribution >= 4 is 15.7 Å². The second-order valence-corrected chi connectivity index (χ2v) is 9.60. The molecule has 0 spiro atoms. The van der Waals surface area contributed by atoms with Crippen LogP contribution in [0.2, 0.25) is 0 Å². The number of methoxy groups -OCH3 is 1. The Morgan fingerprint density at radius 2 is 1.62 bits per heavy atom. The van der Waals surface area contributed by atoms with Gasteiger partial charge in [0.15, 0.2) is 33.8 Å². The van der Waals surface area contributed by atoms with Crippen molar-refractivity contribution < 1.29 is 39.8 Å². The maximum absolute atomic E-state index is 14.7. The summed E-state index contributed by atoms with van der Waals surface area (Å²) in [4.78, 5) is -1.61. The van der Waals surface area contributed by atoms with Crippen molar-refractivity contribution in [1.29, 1.82) is 0 Å². The lowest BCUT2D eigenvalue weighted by atomic mass is 9.99. The molecule has 0 heterocycles. The van der Waals surface area contributed by atoms with Gasteiger partial charge >= 0.3 is 0 Å². The van der Waals surface area contributed by atoms with Gasteiger partial charge in [-0.1, -0.05) is 26.7 Å². The third-order valence-corrected chi connectivity index (χ3v) is 5.84. The number of ether oxygens (including phenoxy) is 2. The zero-order valence-electron chi connectivity index (χ0n) is 17.6. The molecule has 11 heteroatoms. The van der Waals surface area contributed by atoms with Crippen molar-refractivity contribution in [2.75, 3.05) is 24.6 Å². The van der Waals surface area contributed by atoms with Crippen LogP contribution in [0.3, 0.4) is 0 Å². The van der Waals surface area contributed by atoms with Gasteiger partial charge in [-0.3, -0.25) is 4.31 Å². The molecule has 2 aromatic carbocycles. The van der Waals surface area contributed by atoms with Crippen LogP contribution in [0.5, 0.6) is 11.5 Å². The molecule has 0 unspecified atom stereocenters. The van der Waals surface area contributed by atoms with E-state index in [9.17, 15) is 30.4 Å². The maximum atomic E-state index is 14.7. The fraction of sp³-hybridized carbons (Fsp3) is 0.333. The normalized spacial score (nSPS) is 11.8. The molecule has 0 N–H and O–H groups in total. The van der Waals surface area contributed by atoms with E-state index in [1.54, 1.807) is 20.8 Å². The number of nitrogens with zero attached hydrogens (tertiary/aromatic N) is 1. The number of halogens is 5. The zero-order valence-corrected chi connectivity index (χ0v) is 18.4. The van der Waals surface area contributed by atoms with E-state index in [4.69, 9.17) is 15.9 Å². The minimum absolute atomic E-state index is 0.231. The highest BCUT2D eigenvalue weighted by atomic mass is 32.2. The molecular formula is C21H20F5NO4S. The van der Waals surface area contributed by atoms with E-state index in [0.717, 1.165) is 18.2 Å². The lowest BCUT2D eigenvalue weighted by molar-refractivity contribution is 0.181. The molecule has 0 radical (unpaired) electrons. The Labute approximate surface area is 182 Å². The summed E-state index contributed by atoms with van der Waals surface area (Å²) >= 11 is 0. The molecule has 0 aliphatic rings. The molecule has 174 valence electrons. The lowest BCUT2D eigenvalue weighted by Gasteiger charge is -2.26. The summed E-state index contributed by atoms with van der Waals surface area (Å²) in [6.07, 6.45) is 5.20. The molecule has 2 aromatic rings. The van der Waals surface area contributed by atoms with Gasteiger partial charge in [-0.2, -0.15) is 4.39 Å². The van der Waals surface area contributed by atoms with Crippen LogP contribution in [0.1, 0.15) is 20.8 Å². The van der Waals surface area contributed by atoms with Crippen molar-refractivity contribution in [2.24, 2.45) is 5.41 Å². The Balaban J connectivity index is 2.79. The Morgan fingerprint density at radius 1 is 1.03 bits per heavy atom. The predicted molar refractivity (Wildman–Crippen MR) is 108 cm³/mol. The van der Waals surface area contributed by atoms with E-state index in [-0.39, 0.29) is 12.4 Å². The average Bonchev–Trinajstić information content (AvgIpc) is 2.70. The number of benzene rings is 2. The zero-order chi connectivity index (χ0) is 24.4. The van der Waals surface area contributed by atoms with Crippen LogP contribution in [0.4, 0.5) is 27.6 Å². The van der Waals surface area contributed by atoms with E-state index in [0.29, 0.717) is 4.31 Å². The van der Waals surface area contributed by atoms with Gasteiger partial charge in [-0.05, 0) is 17.5 Å². The summed E-state index contributed by atoms with van der Waals surface area (Å²) in [6.45, 7) is 3.73. The second-order valence-electron chi connectivity index (χ2n) is 7.80. The molecule has 0 aliphatic heterocycles. The molecular weight excluding hydrogens is 457 g/mol. The van der Waals surface area contributed by atoms with Gasteiger partial charge in [0.25, 0.3) is 10.0 Å². The van der Waals surface area contributed by atoms with Crippen molar-refractivity contribution in [2.45, 2.75) is 25.7 Å². The Hall–Kier alpha value is -3.00. The highest BCUT2D eigenvalue weighted by molar-refractivity contribution is 7.93. The van der Waals surface area contributed by atoms with Gasteiger partial charge in [-0.15, -0.1) is 6.42 Å². The standard InChI is InChI=1S/C21H20F5NO4S/c1-6-9-27(12-7-8-14(30-5)13(22)10-12)32(28,29)20-18(26)16(24)15(23)17(25)19(20)31-11-21(2,3)4/h1,7-8,10H,9,11H2,2-5H3. The molecule has 0 fully saturated rings. The van der Waals surface area contributed by atoms with E-state index >= 15 is 0 Å². The third kappa shape index (κ3) is 4.91. The Bertz CT molecular complexity index is 1170. The van der Waals surface area contributed by atoms with Gasteiger partial charge in [0.2, 0.25) is 11.6 Å². The van der Waals surface area contributed by atoms with Crippen LogP contribution < -0.4 is 13.8 Å². The van der Waals surface area contributed by atoms with Crippen LogP contribution in [0.25, 0.3) is 0 Å². The molecule has 5 nitrogen and oxygen atoms in total. The van der Waals surface area contributed by atoms with E-state index < -0.39 is 67.4 Å². The number of anilines is 1. The quantitative estimate of drug-likeness (QED) is 0.252. The first-order chi connectivity index (χ1) is 14.8. The fourth-order valence-electron chi connectivity index (χ4n) is 2.56. The molecule has 32 heavy (non-hydrogen) atoms. The minimum atomic E-state index is -5.21. The number of hydrogen-bond acceptors (Lipinski definition) is 4. The minimum Gasteiger partial charge on any atom is -0.494 e. The predicted octanol–water partition coefficient (Wildman–Crippen LogP) is 4.64. The largest absolute Gasteiger partial charge is 0.494 e. The van der Waals surface area contributed by atoms with Crippen LogP contribution in [0, 0.1) is 46.8 Å². The van der Waals surface area contributed by atoms with Crippen LogP contribution in [-0.2, 0) is 10.0 Å². The van der Waals surface area contributed by atoms with Gasteiger partial charge in [-0.25, -0.2) is 26.0 Å². The summed E-state index contributed by atoms with van der Waals surface area (Å²) < 4.78 is 108. The topological polar surface area (TPSA) is 55.8 Å². The fourth-order valence-corrected chi connectivity index (χ4v) is 4.11. The van der Waals surface area contributed by atoms with Gasteiger partial charge in [0.1, 0.15) is 0 Å². The second kappa shape index (κ2) is 9.24. The van der Waals surface area contributed by atoms with E-state index in [2.05, 4.69) is 0 Å². The van der Waals surface area contributed by atoms with Crippen LogP contribution in [-0.4, -0.2) is 28.7 Å². The van der Waals surface area contributed by atoms with Gasteiger partial charge in [0, 0.05) is 6.07 Å². The summed E-state index contributed by atoms with van der Waals surface area (Å²) in [5.41, 5.74) is -1.08. The molecule has 0 saturated heterocycles. The number of rotatable bonds is 7. The number of sulfonamides is 1. The van der Waals surface area contributed by atoms with Gasteiger partial charge in [0.05, 0.1) is 25.9 Å². The van der Waals surface area contributed by atoms with E-state index in [1.165, 1.54) is 7.11 Å². The molecule has 0 bridgehead atoms. The third-order valence-electron chi connectivity index (χ3n) is 4.04. The molecule has 2 rings (SSSR count). The number of hydrogen-bond donors (Lipinski definition) is 0. The van der Waals surface area contributed by atoms with Crippen molar-refractivity contribution in [3.05, 3.63) is 47.3 Å². The Kier molecular flexibility index (Phi) is 7.29. The van der Waals surface area contributed by atoms with Crippen molar-refractivity contribution in [3.8, 4) is 23.8 Å². The molecule has 0 aliphatic carbocycles. The van der Waals surface area contributed by atoms with Crippen molar-refractivity contribution in [1.82, 2.24) is 0 Å². The average molecular weight is 477 g/mol. The monoisotopic (exact) mass is 477 g/mol. The molecule has 0 atom stereocenters. The van der Waals surface area contributed by atoms with E-state index in [1.807, 2.05) is 5.92 Å². The first-order valence-corrected chi connectivity index (χ1v) is 10.5. The molecule has 0 aromatic heterocycles. The van der Waals surface area contributed by atoms with Gasteiger partial charge < -0.3 is 9.47 Å². The first kappa shape index (κ1) is 25.3. The highest BCUT2D eigenvalue weighted by Gasteiger charge is 2.38. The van der Waals surface area contributed by atoms with Crippen LogP contribution >= 0.6 is 0 Å². The first-order valence-electron chi connectivity index (χ1n) is 9.04. The Morgan fingerprint density at radius 3 is 2.12 bits per heavy atom. The summed E-state index contributed by atoms with van der Waals surface area (Å²) in [5, 5.41) is 0. The highest BCUT2D eigenvalue weighted by Crippen LogP contribution is 2.38. The SMILES string of the molecule is C#CCN(c1ccc(OC)c(F)c1)S(=O)(=O)c1c(F)c(F)c(F)c(F)c1OCC(C)(C)C. The summed E-state index contributed by atoms with van der Waals surface area (Å²) in [6, 6.07) is 2.88. The number of terminal acetylenes is 1. The smallest absolute Gasteiger partial charge is 0.272 e. The molecule has 0 amide bonds. The van der Waals surface area contributed by atoms with Crippen molar-refractivity contribution in [3.63, 3.8) is 0 Å². The molecule has 0 saturated carbocycles. The van der Waals surface area contributed by atoms with Crippen LogP contribution in [0.15, 0.2) is 23.1 Å².